The third-order valence-electron chi connectivity index (χ3n) is 6.97. The number of amides is 2. The number of benzene rings is 4. The zero-order chi connectivity index (χ0) is 31.7. The first-order valence-electron chi connectivity index (χ1n) is 14.3. The number of carbonyl (C=O) groups excluding carboxylic acids is 2. The summed E-state index contributed by atoms with van der Waals surface area (Å²) >= 11 is 0. The molecule has 0 saturated heterocycles. The van der Waals surface area contributed by atoms with Gasteiger partial charge in [0.1, 0.15) is 29.9 Å². The number of carbonyl (C=O) groups is 2. The number of anilines is 1. The molecule has 0 unspecified atom stereocenters. The van der Waals surface area contributed by atoms with E-state index in [1.807, 2.05) is 32.0 Å². The fourth-order valence-electron chi connectivity index (χ4n) is 4.44. The van der Waals surface area contributed by atoms with Gasteiger partial charge in [-0.3, -0.25) is 13.9 Å². The van der Waals surface area contributed by atoms with Gasteiger partial charge in [-0.25, -0.2) is 12.8 Å². The van der Waals surface area contributed by atoms with Crippen molar-refractivity contribution in [2.75, 3.05) is 17.4 Å². The van der Waals surface area contributed by atoms with Crippen molar-refractivity contribution >= 4 is 27.5 Å². The minimum Gasteiger partial charge on any atom is -0.457 e. The number of para-hydroxylation sites is 1. The molecule has 230 valence electrons. The van der Waals surface area contributed by atoms with E-state index in [1.165, 1.54) is 41.3 Å². The van der Waals surface area contributed by atoms with Crippen molar-refractivity contribution < 1.29 is 27.1 Å². The van der Waals surface area contributed by atoms with Gasteiger partial charge in [0.2, 0.25) is 11.8 Å². The van der Waals surface area contributed by atoms with Crippen LogP contribution in [0, 0.1) is 12.7 Å². The van der Waals surface area contributed by atoms with Gasteiger partial charge < -0.3 is 15.0 Å². The second-order valence-corrected chi connectivity index (χ2v) is 12.2. The summed E-state index contributed by atoms with van der Waals surface area (Å²) in [5.74, 6) is -0.314. The highest BCUT2D eigenvalue weighted by Crippen LogP contribution is 2.29. The molecule has 2 amide bonds. The Morgan fingerprint density at radius 2 is 1.48 bits per heavy atom. The highest BCUT2D eigenvalue weighted by atomic mass is 32.2. The van der Waals surface area contributed by atoms with Crippen molar-refractivity contribution in [3.8, 4) is 11.5 Å². The summed E-state index contributed by atoms with van der Waals surface area (Å²) in [6.45, 7) is 5.16. The summed E-state index contributed by atoms with van der Waals surface area (Å²) in [4.78, 5) is 28.3. The zero-order valence-electron chi connectivity index (χ0n) is 24.9. The predicted molar refractivity (Wildman–Crippen MR) is 168 cm³/mol. The molecule has 0 bridgehead atoms. The summed E-state index contributed by atoms with van der Waals surface area (Å²) in [6.07, 6.45) is 0.705. The second kappa shape index (κ2) is 14.7. The molecule has 0 aromatic heterocycles. The van der Waals surface area contributed by atoms with Crippen LogP contribution in [-0.4, -0.2) is 44.3 Å². The van der Waals surface area contributed by atoms with Crippen LogP contribution in [0.5, 0.6) is 11.5 Å². The Hall–Kier alpha value is -4.70. The van der Waals surface area contributed by atoms with Crippen LogP contribution in [0.1, 0.15) is 31.4 Å². The van der Waals surface area contributed by atoms with E-state index in [4.69, 9.17) is 4.74 Å². The van der Waals surface area contributed by atoms with Gasteiger partial charge in [0.25, 0.3) is 10.0 Å². The standard InChI is InChI=1S/C34H36FN3O5S/c1-4-22-36-34(40)26(3)37(23-27-12-14-28(35)15-13-27)33(39)24-38(44(41,42)32-20-10-25(2)11-21-32)29-16-18-31(19-17-29)43-30-8-6-5-7-9-30/h5-21,26H,4,22-24H2,1-3H3,(H,36,40)/t26-/m0/s1. The quantitative estimate of drug-likeness (QED) is 0.197. The number of aryl methyl sites for hydroxylation is 1. The minimum absolute atomic E-state index is 0.0133. The molecular weight excluding hydrogens is 581 g/mol. The lowest BCUT2D eigenvalue weighted by molar-refractivity contribution is -0.139. The number of ether oxygens (including phenoxy) is 1. The van der Waals surface area contributed by atoms with Crippen molar-refractivity contribution in [1.29, 1.82) is 0 Å². The van der Waals surface area contributed by atoms with Crippen molar-refractivity contribution in [3.05, 3.63) is 120 Å². The molecule has 4 rings (SSSR count). The van der Waals surface area contributed by atoms with Crippen LogP contribution in [-0.2, 0) is 26.2 Å². The predicted octanol–water partition coefficient (Wildman–Crippen LogP) is 6.07. The largest absolute Gasteiger partial charge is 0.457 e. The van der Waals surface area contributed by atoms with E-state index in [1.54, 1.807) is 55.5 Å². The van der Waals surface area contributed by atoms with Crippen LogP contribution in [0.15, 0.2) is 108 Å². The van der Waals surface area contributed by atoms with Gasteiger partial charge in [0, 0.05) is 13.1 Å². The zero-order valence-corrected chi connectivity index (χ0v) is 25.8. The van der Waals surface area contributed by atoms with Crippen LogP contribution in [0.2, 0.25) is 0 Å². The maximum atomic E-state index is 14.0. The summed E-state index contributed by atoms with van der Waals surface area (Å²) in [5, 5.41) is 2.80. The number of nitrogens with one attached hydrogen (secondary N) is 1. The molecule has 0 aliphatic carbocycles. The van der Waals surface area contributed by atoms with Crippen molar-refractivity contribution in [2.24, 2.45) is 0 Å². The fourth-order valence-corrected chi connectivity index (χ4v) is 5.85. The molecule has 10 heteroatoms. The van der Waals surface area contributed by atoms with E-state index in [9.17, 15) is 22.4 Å². The molecule has 1 atom stereocenters. The Balaban J connectivity index is 1.69. The van der Waals surface area contributed by atoms with Crippen molar-refractivity contribution in [1.82, 2.24) is 10.2 Å². The molecule has 4 aromatic carbocycles. The van der Waals surface area contributed by atoms with Crippen molar-refractivity contribution in [2.45, 2.75) is 44.7 Å². The molecule has 0 spiro atoms. The summed E-state index contributed by atoms with van der Waals surface area (Å²) in [5.41, 5.74) is 1.71. The van der Waals surface area contributed by atoms with E-state index >= 15 is 0 Å². The van der Waals surface area contributed by atoms with Crippen LogP contribution in [0.25, 0.3) is 0 Å². The van der Waals surface area contributed by atoms with E-state index in [0.717, 1.165) is 9.87 Å². The van der Waals surface area contributed by atoms with E-state index in [2.05, 4.69) is 5.32 Å². The maximum Gasteiger partial charge on any atom is 0.264 e. The van der Waals surface area contributed by atoms with E-state index in [0.29, 0.717) is 30.0 Å². The molecule has 44 heavy (non-hydrogen) atoms. The molecule has 0 aliphatic heterocycles. The van der Waals surface area contributed by atoms with Gasteiger partial charge in [-0.1, -0.05) is 55.0 Å². The van der Waals surface area contributed by atoms with Gasteiger partial charge in [-0.2, -0.15) is 0 Å². The SMILES string of the molecule is CCCNC(=O)[C@H](C)N(Cc1ccc(F)cc1)C(=O)CN(c1ccc(Oc2ccccc2)cc1)S(=O)(=O)c1ccc(C)cc1. The Morgan fingerprint density at radius 1 is 0.864 bits per heavy atom. The van der Waals surface area contributed by atoms with Gasteiger partial charge in [-0.15, -0.1) is 0 Å². The van der Waals surface area contributed by atoms with E-state index < -0.39 is 34.3 Å². The Kier molecular flexibility index (Phi) is 10.7. The molecule has 0 aliphatic rings. The van der Waals surface area contributed by atoms with Gasteiger partial charge in [-0.05, 0) is 86.5 Å². The van der Waals surface area contributed by atoms with Crippen LogP contribution >= 0.6 is 0 Å². The number of halogens is 1. The Labute approximate surface area is 258 Å². The summed E-state index contributed by atoms with van der Waals surface area (Å²) < 4.78 is 48.5. The average molecular weight is 618 g/mol. The maximum absolute atomic E-state index is 14.0. The third kappa shape index (κ3) is 8.23. The minimum atomic E-state index is -4.21. The molecule has 0 radical (unpaired) electrons. The second-order valence-electron chi connectivity index (χ2n) is 10.3. The smallest absolute Gasteiger partial charge is 0.264 e. The lowest BCUT2D eigenvalue weighted by Crippen LogP contribution is -2.51. The van der Waals surface area contributed by atoms with Crippen molar-refractivity contribution in [3.63, 3.8) is 0 Å². The lowest BCUT2D eigenvalue weighted by atomic mass is 10.1. The number of nitrogens with zero attached hydrogens (tertiary/aromatic N) is 2. The summed E-state index contributed by atoms with van der Waals surface area (Å²) in [6, 6.07) is 26.6. The summed E-state index contributed by atoms with van der Waals surface area (Å²) in [7, 11) is -4.21. The lowest BCUT2D eigenvalue weighted by Gasteiger charge is -2.32. The Bertz CT molecular complexity index is 1650. The molecular formula is C34H36FN3O5S. The van der Waals surface area contributed by atoms with Crippen LogP contribution < -0.4 is 14.4 Å². The third-order valence-corrected chi connectivity index (χ3v) is 8.76. The normalized spacial score (nSPS) is 11.8. The fraction of sp³-hybridized carbons (Fsp3) is 0.235. The highest BCUT2D eigenvalue weighted by molar-refractivity contribution is 7.92. The van der Waals surface area contributed by atoms with Gasteiger partial charge >= 0.3 is 0 Å². The number of rotatable bonds is 13. The molecule has 4 aromatic rings. The number of hydrogen-bond donors (Lipinski definition) is 1. The molecule has 0 saturated carbocycles. The number of sulfonamides is 1. The molecule has 1 N–H and O–H groups in total. The van der Waals surface area contributed by atoms with Gasteiger partial charge in [0.15, 0.2) is 0 Å². The average Bonchev–Trinajstić information content (AvgIpc) is 3.03. The first-order valence-corrected chi connectivity index (χ1v) is 15.8. The van der Waals surface area contributed by atoms with E-state index in [-0.39, 0.29) is 23.0 Å². The molecule has 0 fully saturated rings. The van der Waals surface area contributed by atoms with Crippen LogP contribution in [0.4, 0.5) is 10.1 Å². The monoisotopic (exact) mass is 617 g/mol. The molecule has 8 nitrogen and oxygen atoms in total. The highest BCUT2D eigenvalue weighted by Gasteiger charge is 2.32. The number of hydrogen-bond acceptors (Lipinski definition) is 5. The van der Waals surface area contributed by atoms with Gasteiger partial charge in [0.05, 0.1) is 10.6 Å². The molecule has 0 heterocycles. The van der Waals surface area contributed by atoms with Crippen LogP contribution in [0.3, 0.4) is 0 Å². The Morgan fingerprint density at radius 3 is 2.09 bits per heavy atom. The first kappa shape index (κ1) is 32.2. The first-order chi connectivity index (χ1) is 21.1. The topological polar surface area (TPSA) is 96.0 Å².